The Morgan fingerprint density at radius 2 is 2.04 bits per heavy atom. The number of rotatable bonds is 7. The summed E-state index contributed by atoms with van der Waals surface area (Å²) in [6, 6.07) is 1.64. The van der Waals surface area contributed by atoms with E-state index in [0.717, 1.165) is 12.1 Å². The van der Waals surface area contributed by atoms with Crippen LogP contribution in [0.25, 0.3) is 0 Å². The van der Waals surface area contributed by atoms with Gasteiger partial charge >= 0.3 is 6.18 Å². The van der Waals surface area contributed by atoms with Gasteiger partial charge in [0.15, 0.2) is 0 Å². The van der Waals surface area contributed by atoms with Gasteiger partial charge in [0, 0.05) is 12.1 Å². The number of anilines is 2. The first-order valence-electron chi connectivity index (χ1n) is 7.13. The van der Waals surface area contributed by atoms with E-state index in [1.807, 2.05) is 0 Å². The Morgan fingerprint density at radius 3 is 2.50 bits per heavy atom. The number of hydrogen-bond acceptors (Lipinski definition) is 5. The van der Waals surface area contributed by atoms with Crippen molar-refractivity contribution in [3.8, 4) is 6.07 Å². The van der Waals surface area contributed by atoms with Gasteiger partial charge in [0.25, 0.3) is 0 Å². The average molecular weight is 389 g/mol. The highest BCUT2D eigenvalue weighted by Crippen LogP contribution is 2.28. The van der Waals surface area contributed by atoms with Crippen LogP contribution in [-0.2, 0) is 4.79 Å². The van der Waals surface area contributed by atoms with Gasteiger partial charge in [0.2, 0.25) is 5.91 Å². The quantitative estimate of drug-likeness (QED) is 0.325. The molecule has 0 radical (unpaired) electrons. The predicted molar refractivity (Wildman–Crippen MR) is 92.6 cm³/mol. The minimum atomic E-state index is -4.69. The van der Waals surface area contributed by atoms with Crippen LogP contribution in [0, 0.1) is 22.6 Å². The zero-order valence-electron chi connectivity index (χ0n) is 13.5. The molecule has 1 aromatic rings. The van der Waals surface area contributed by atoms with Crippen LogP contribution in [0.15, 0.2) is 12.1 Å². The molecule has 6 nitrogen and oxygen atoms in total. The molecule has 26 heavy (non-hydrogen) atoms. The number of nitrogens with zero attached hydrogens (tertiary/aromatic N) is 1. The normalized spacial score (nSPS) is 12.0. The van der Waals surface area contributed by atoms with Gasteiger partial charge in [0.05, 0.1) is 28.3 Å². The van der Waals surface area contributed by atoms with Crippen molar-refractivity contribution in [2.75, 3.05) is 10.6 Å². The van der Waals surface area contributed by atoms with Crippen molar-refractivity contribution in [2.45, 2.75) is 32.0 Å². The van der Waals surface area contributed by atoms with Crippen molar-refractivity contribution in [3.63, 3.8) is 0 Å². The van der Waals surface area contributed by atoms with Crippen molar-refractivity contribution in [1.82, 2.24) is 0 Å². The Morgan fingerprint density at radius 1 is 1.42 bits per heavy atom. The highest BCUT2D eigenvalue weighted by atomic mass is 32.1. The topological polar surface area (TPSA) is 115 Å². The molecule has 1 unspecified atom stereocenters. The summed E-state index contributed by atoms with van der Waals surface area (Å²) in [5.74, 6) is -2.34. The zero-order chi connectivity index (χ0) is 20.1. The van der Waals surface area contributed by atoms with Crippen LogP contribution >= 0.6 is 12.2 Å². The highest BCUT2D eigenvalue weighted by Gasteiger charge is 2.35. The van der Waals surface area contributed by atoms with Gasteiger partial charge < -0.3 is 21.8 Å². The number of benzene rings is 1. The summed E-state index contributed by atoms with van der Waals surface area (Å²) in [5.41, 5.74) is 4.60. The Labute approximate surface area is 151 Å². The first-order chi connectivity index (χ1) is 11.9. The molecule has 0 bridgehead atoms. The van der Waals surface area contributed by atoms with Gasteiger partial charge in [-0.05, 0) is 19.1 Å². The molecule has 0 saturated carbocycles. The Kier molecular flexibility index (Phi) is 7.02. The smallest absolute Gasteiger partial charge is 0.371 e. The number of carbonyl (C=O) groups is 1. The summed E-state index contributed by atoms with van der Waals surface area (Å²) < 4.78 is 51.7. The van der Waals surface area contributed by atoms with Crippen LogP contribution in [-0.4, -0.2) is 28.8 Å². The Balaban J connectivity index is 3.17. The fourth-order valence-electron chi connectivity index (χ4n) is 1.96. The molecule has 140 valence electrons. The standard InChI is InChI=1S/C15H15F4N5OS/c1-7(21)2-13(26)24-10-4-11(9(16)3-8(10)6-20)23-12(14(22)25)5-15(17,18)19/h3-4,12,21,23H,2,5H2,1H3,(H2,22,25)(H,24,26). The number of halogens is 4. The number of alkyl halides is 3. The number of nitriles is 1. The van der Waals surface area contributed by atoms with Crippen LogP contribution < -0.4 is 16.4 Å². The molecule has 0 heterocycles. The minimum Gasteiger partial charge on any atom is -0.371 e. The maximum atomic E-state index is 14.1. The molecule has 0 aliphatic rings. The third-order valence-corrected chi connectivity index (χ3v) is 3.28. The van der Waals surface area contributed by atoms with Gasteiger partial charge in [-0.1, -0.05) is 12.2 Å². The number of carbonyl (C=O) groups excluding carboxylic acids is 1. The summed E-state index contributed by atoms with van der Waals surface area (Å²) in [4.78, 5) is 11.4. The molecular formula is C15H15F4N5OS. The van der Waals surface area contributed by atoms with E-state index in [2.05, 4.69) is 10.6 Å². The van der Waals surface area contributed by atoms with E-state index < -0.39 is 36.1 Å². The van der Waals surface area contributed by atoms with Crippen molar-refractivity contribution >= 4 is 40.2 Å². The number of hydrogen-bond donors (Lipinski definition) is 4. The first-order valence-corrected chi connectivity index (χ1v) is 7.54. The van der Waals surface area contributed by atoms with Crippen LogP contribution in [0.5, 0.6) is 0 Å². The van der Waals surface area contributed by atoms with Crippen molar-refractivity contribution < 1.29 is 22.4 Å². The summed E-state index contributed by atoms with van der Waals surface area (Å²) in [5, 5.41) is 21.2. The fraction of sp³-hybridized carbons (Fsp3) is 0.333. The minimum absolute atomic E-state index is 0.0258. The van der Waals surface area contributed by atoms with E-state index in [-0.39, 0.29) is 28.4 Å². The molecule has 0 fully saturated rings. The number of primary amides is 1. The van der Waals surface area contributed by atoms with Gasteiger partial charge in [0.1, 0.15) is 17.9 Å². The molecule has 5 N–H and O–H groups in total. The molecule has 11 heteroatoms. The molecule has 1 rings (SSSR count). The Hall–Kier alpha value is -2.74. The van der Waals surface area contributed by atoms with Crippen molar-refractivity contribution in [1.29, 1.82) is 10.7 Å². The fourth-order valence-corrected chi connectivity index (χ4v) is 2.28. The number of amides is 1. The maximum Gasteiger partial charge on any atom is 0.391 e. The van der Waals surface area contributed by atoms with Crippen LogP contribution in [0.1, 0.15) is 25.3 Å². The summed E-state index contributed by atoms with van der Waals surface area (Å²) in [7, 11) is 0. The lowest BCUT2D eigenvalue weighted by molar-refractivity contribution is -0.144. The van der Waals surface area contributed by atoms with Crippen LogP contribution in [0.2, 0.25) is 0 Å². The molecule has 1 amide bonds. The molecule has 0 aliphatic carbocycles. The molecule has 0 spiro atoms. The SMILES string of the molecule is CC(=N)CC(=S)Nc1cc(NC(CC(F)(F)F)C(N)=O)c(F)cc1C#N. The molecular weight excluding hydrogens is 374 g/mol. The average Bonchev–Trinajstić information content (AvgIpc) is 2.47. The van der Waals surface area contributed by atoms with E-state index in [4.69, 9.17) is 28.6 Å². The number of nitrogens with two attached hydrogens (primary N) is 1. The summed E-state index contributed by atoms with van der Waals surface area (Å²) in [6.45, 7) is 1.51. The number of nitrogens with one attached hydrogen (secondary N) is 3. The Bertz CT molecular complexity index is 773. The lowest BCUT2D eigenvalue weighted by atomic mass is 10.1. The van der Waals surface area contributed by atoms with Crippen molar-refractivity contribution in [3.05, 3.63) is 23.5 Å². The molecule has 0 saturated heterocycles. The van der Waals surface area contributed by atoms with Crippen molar-refractivity contribution in [2.24, 2.45) is 5.73 Å². The van der Waals surface area contributed by atoms with Gasteiger partial charge in [-0.3, -0.25) is 4.79 Å². The summed E-state index contributed by atoms with van der Waals surface area (Å²) >= 11 is 5.00. The van der Waals surface area contributed by atoms with Gasteiger partial charge in [-0.15, -0.1) is 0 Å². The largest absolute Gasteiger partial charge is 0.391 e. The monoisotopic (exact) mass is 389 g/mol. The zero-order valence-corrected chi connectivity index (χ0v) is 14.3. The third kappa shape index (κ3) is 6.64. The van der Waals surface area contributed by atoms with E-state index in [1.54, 1.807) is 6.07 Å². The van der Waals surface area contributed by atoms with E-state index >= 15 is 0 Å². The van der Waals surface area contributed by atoms with E-state index in [0.29, 0.717) is 0 Å². The van der Waals surface area contributed by atoms with Gasteiger partial charge in [-0.25, -0.2) is 4.39 Å². The maximum absolute atomic E-state index is 14.1. The van der Waals surface area contributed by atoms with Crippen LogP contribution in [0.4, 0.5) is 28.9 Å². The second-order valence-corrected chi connectivity index (χ2v) is 5.91. The predicted octanol–water partition coefficient (Wildman–Crippen LogP) is 3.08. The number of thiocarbonyl (C=S) groups is 1. The molecule has 1 atom stereocenters. The second kappa shape index (κ2) is 8.57. The molecule has 1 aromatic carbocycles. The van der Waals surface area contributed by atoms with E-state index in [9.17, 15) is 22.4 Å². The lowest BCUT2D eigenvalue weighted by Crippen LogP contribution is -2.39. The lowest BCUT2D eigenvalue weighted by Gasteiger charge is -2.20. The highest BCUT2D eigenvalue weighted by molar-refractivity contribution is 7.80. The first kappa shape index (κ1) is 21.3. The summed E-state index contributed by atoms with van der Waals surface area (Å²) in [6.07, 6.45) is -6.20. The van der Waals surface area contributed by atoms with Crippen LogP contribution in [0.3, 0.4) is 0 Å². The molecule has 0 aliphatic heterocycles. The third-order valence-electron chi connectivity index (χ3n) is 3.04. The second-order valence-electron chi connectivity index (χ2n) is 5.41. The van der Waals surface area contributed by atoms with Gasteiger partial charge in [-0.2, -0.15) is 18.4 Å². The van der Waals surface area contributed by atoms with E-state index in [1.165, 1.54) is 6.92 Å². The molecule has 0 aromatic heterocycles.